The van der Waals surface area contributed by atoms with Crippen molar-refractivity contribution in [2.24, 2.45) is 0 Å². The first kappa shape index (κ1) is 85.9. The molecule has 0 heterocycles. The lowest BCUT2D eigenvalue weighted by Crippen LogP contribution is -2.74. The Hall–Kier alpha value is -2.19. The van der Waals surface area contributed by atoms with Gasteiger partial charge in [-0.15, -0.1) is 0 Å². The molecule has 0 aromatic rings. The molecule has 520 valence electrons. The van der Waals surface area contributed by atoms with Crippen LogP contribution in [0, 0.1) is 0 Å². The molecule has 0 aromatic heterocycles. The van der Waals surface area contributed by atoms with Crippen LogP contribution in [0.4, 0.5) is 149 Å². The van der Waals surface area contributed by atoms with Crippen molar-refractivity contribution in [2.45, 2.75) is 259 Å². The van der Waals surface area contributed by atoms with E-state index in [1.165, 1.54) is 41.5 Å². The Morgan fingerprint density at radius 3 is 0.640 bits per heavy atom. The lowest BCUT2D eigenvalue weighted by molar-refractivity contribution is -0.461. The summed E-state index contributed by atoms with van der Waals surface area (Å²) in [4.78, 5) is 0. The molecule has 3 unspecified atom stereocenters. The SMILES string of the molecule is CCC(C)O[Si](CCC(F)(F)C(F)(F)C(F)(F)C(F)(F)C(F)(F)C(F)(F)C(F)(F)C(F)(F)F)(OC(C)CC)OC(C)CC.CCCCO[Si](CCC(F)(F)C(F)(F)C(F)(F)C(F)(F)C(F)(F)C(F)(F)C(F)(F)C(F)(F)F)(OCCCC)OCCCC. The minimum Gasteiger partial charge on any atom is -0.373 e. The second-order valence-electron chi connectivity index (χ2n) is 19.3. The van der Waals surface area contributed by atoms with Crippen molar-refractivity contribution in [3.63, 3.8) is 0 Å². The largest absolute Gasteiger partial charge is 0.501 e. The van der Waals surface area contributed by atoms with Crippen molar-refractivity contribution >= 4 is 17.6 Å². The minimum atomic E-state index is -8.67. The summed E-state index contributed by atoms with van der Waals surface area (Å²) in [6.07, 6.45) is -21.5. The van der Waals surface area contributed by atoms with Crippen molar-refractivity contribution < 1.29 is 176 Å². The van der Waals surface area contributed by atoms with Crippen molar-refractivity contribution in [3.05, 3.63) is 0 Å². The van der Waals surface area contributed by atoms with E-state index in [4.69, 9.17) is 26.6 Å². The molecule has 0 rings (SSSR count). The van der Waals surface area contributed by atoms with Crippen molar-refractivity contribution in [2.75, 3.05) is 19.8 Å². The first-order valence-electron chi connectivity index (χ1n) is 25.3. The molecular formula is C44H62F34O6Si2. The van der Waals surface area contributed by atoms with E-state index < -0.39 is 156 Å². The van der Waals surface area contributed by atoms with Crippen LogP contribution in [0.3, 0.4) is 0 Å². The number of hydrogen-bond donors (Lipinski definition) is 0. The first-order chi connectivity index (χ1) is 38.0. The van der Waals surface area contributed by atoms with E-state index in [1.807, 2.05) is 0 Å². The first-order valence-corrected chi connectivity index (χ1v) is 29.2. The fourth-order valence-electron chi connectivity index (χ4n) is 6.21. The summed E-state index contributed by atoms with van der Waals surface area (Å²) in [6.45, 7) is 12.4. The van der Waals surface area contributed by atoms with Crippen LogP contribution >= 0.6 is 0 Å². The molecule has 0 bridgehead atoms. The zero-order chi connectivity index (χ0) is 69.3. The van der Waals surface area contributed by atoms with E-state index in [0.717, 1.165) is 0 Å². The minimum absolute atomic E-state index is 0.102. The fraction of sp³-hybridized carbons (Fsp3) is 1.00. The molecule has 6 nitrogen and oxygen atoms in total. The van der Waals surface area contributed by atoms with Crippen LogP contribution in [0.25, 0.3) is 0 Å². The Balaban J connectivity index is 0. The number of unbranched alkanes of at least 4 members (excludes halogenated alkanes) is 3. The molecule has 0 N–H and O–H groups in total. The molecule has 86 heavy (non-hydrogen) atoms. The number of alkyl halides is 34. The maximum atomic E-state index is 14.7. The molecule has 3 atom stereocenters. The molecule has 0 aliphatic rings. The summed E-state index contributed by atoms with van der Waals surface area (Å²) in [5.74, 6) is -113. The summed E-state index contributed by atoms with van der Waals surface area (Å²) in [6, 6.07) is -3.11. The van der Waals surface area contributed by atoms with Gasteiger partial charge in [-0.05, 0) is 59.3 Å². The normalized spacial score (nSPS) is 17.1. The highest BCUT2D eigenvalue weighted by Gasteiger charge is 2.97. The van der Waals surface area contributed by atoms with E-state index in [0.29, 0.717) is 19.3 Å². The van der Waals surface area contributed by atoms with Crippen molar-refractivity contribution in [3.8, 4) is 0 Å². The summed E-state index contributed by atoms with van der Waals surface area (Å²) in [5, 5.41) is 0. The molecule has 0 aromatic carbocycles. The maximum absolute atomic E-state index is 14.7. The summed E-state index contributed by atoms with van der Waals surface area (Å²) < 4.78 is 495. The second-order valence-corrected chi connectivity index (χ2v) is 24.6. The van der Waals surface area contributed by atoms with Crippen LogP contribution in [0.5, 0.6) is 0 Å². The number of rotatable bonds is 39. The van der Waals surface area contributed by atoms with Gasteiger partial charge in [0.05, 0.1) is 0 Å². The Morgan fingerprint density at radius 2 is 0.453 bits per heavy atom. The molecule has 42 heteroatoms. The average molecular weight is 1390 g/mol. The zero-order valence-electron chi connectivity index (χ0n) is 46.3. The highest BCUT2D eigenvalue weighted by molar-refractivity contribution is 6.61. The third-order valence-corrected chi connectivity index (χ3v) is 18.3. The molecule has 0 spiro atoms. The van der Waals surface area contributed by atoms with Gasteiger partial charge in [0.2, 0.25) is 0 Å². The van der Waals surface area contributed by atoms with Crippen LogP contribution in [0.2, 0.25) is 12.1 Å². The Labute approximate surface area is 471 Å². The van der Waals surface area contributed by atoms with Gasteiger partial charge >= 0.3 is 113 Å². The Bertz CT molecular complexity index is 1960. The van der Waals surface area contributed by atoms with Crippen LogP contribution in [0.15, 0.2) is 0 Å². The lowest BCUT2D eigenvalue weighted by atomic mass is 9.88. The molecule has 0 fully saturated rings. The third-order valence-electron chi connectivity index (χ3n) is 12.4. The zero-order valence-corrected chi connectivity index (χ0v) is 48.3. The number of hydrogen-bond acceptors (Lipinski definition) is 6. The highest BCUT2D eigenvalue weighted by atomic mass is 28.4. The van der Waals surface area contributed by atoms with Crippen LogP contribution < -0.4 is 0 Å². The Kier molecular flexibility index (Phi) is 29.6. The monoisotopic (exact) mass is 1390 g/mol. The van der Waals surface area contributed by atoms with E-state index in [2.05, 4.69) is 0 Å². The number of halogens is 34. The summed E-state index contributed by atoms with van der Waals surface area (Å²) in [5.41, 5.74) is 0. The standard InChI is InChI=1S/2C22H31F17O3Si/c1-7-12(4)40-43(41-13(5)8-2,42-14(6)9-3)11-10-15(23,24)16(25,26)17(27,28)18(29,30)19(31,32)20(33,34)21(35,36)22(37,38)39;1-4-7-11-40-43(41-12-8-5-2,42-13-9-6-3)14-10-15(23,24)16(25,26)17(27,28)18(29,30)19(31,32)20(33,34)21(35,36)22(37,38)39/h12-14H,7-11H2,1-6H3;4-14H2,1-3H3. The topological polar surface area (TPSA) is 55.4 Å². The van der Waals surface area contributed by atoms with Crippen molar-refractivity contribution in [1.29, 1.82) is 0 Å². The molecule has 0 saturated carbocycles. The lowest BCUT2D eigenvalue weighted by Gasteiger charge is -2.43. The van der Waals surface area contributed by atoms with Crippen LogP contribution in [-0.2, 0) is 26.6 Å². The second kappa shape index (κ2) is 29.6. The highest BCUT2D eigenvalue weighted by Crippen LogP contribution is 2.66. The quantitative estimate of drug-likeness (QED) is 0.0347. The van der Waals surface area contributed by atoms with Gasteiger partial charge in [-0.2, -0.15) is 149 Å². The van der Waals surface area contributed by atoms with Crippen molar-refractivity contribution in [1.82, 2.24) is 0 Å². The summed E-state index contributed by atoms with van der Waals surface area (Å²) >= 11 is 0. The van der Waals surface area contributed by atoms with Gasteiger partial charge in [0, 0.05) is 63.1 Å². The molecule has 0 radical (unpaired) electrons. The molecule has 0 amide bonds. The maximum Gasteiger partial charge on any atom is 0.501 e. The van der Waals surface area contributed by atoms with Crippen LogP contribution in [0.1, 0.15) is 133 Å². The van der Waals surface area contributed by atoms with Gasteiger partial charge in [-0.25, -0.2) is 0 Å². The Morgan fingerprint density at radius 1 is 0.267 bits per heavy atom. The molecule has 0 aliphatic carbocycles. The smallest absolute Gasteiger partial charge is 0.373 e. The molecule has 0 saturated heterocycles. The summed E-state index contributed by atoms with van der Waals surface area (Å²) in [7, 11) is -9.24. The van der Waals surface area contributed by atoms with Gasteiger partial charge in [-0.1, -0.05) is 60.8 Å². The van der Waals surface area contributed by atoms with E-state index >= 15 is 0 Å². The van der Waals surface area contributed by atoms with E-state index in [-0.39, 0.29) is 58.3 Å². The fourth-order valence-corrected chi connectivity index (χ4v) is 12.4. The van der Waals surface area contributed by atoms with E-state index in [9.17, 15) is 149 Å². The molecule has 0 aliphatic heterocycles. The third kappa shape index (κ3) is 17.1. The van der Waals surface area contributed by atoms with Crippen LogP contribution in [-0.4, -0.2) is 151 Å². The average Bonchev–Trinajstić information content (AvgIpc) is 0.721. The van der Waals surface area contributed by atoms with Gasteiger partial charge in [0.25, 0.3) is 0 Å². The van der Waals surface area contributed by atoms with Gasteiger partial charge in [-0.3, -0.25) is 0 Å². The molecular weight excluding hydrogens is 1330 g/mol. The van der Waals surface area contributed by atoms with E-state index in [1.54, 1.807) is 20.8 Å². The van der Waals surface area contributed by atoms with Gasteiger partial charge < -0.3 is 26.6 Å². The predicted molar refractivity (Wildman–Crippen MR) is 237 cm³/mol. The predicted octanol–water partition coefficient (Wildman–Crippen LogP) is 19.5. The van der Waals surface area contributed by atoms with Gasteiger partial charge in [0.15, 0.2) is 0 Å². The van der Waals surface area contributed by atoms with Gasteiger partial charge in [0.1, 0.15) is 0 Å².